The number of nitrogens with one attached hydrogen (secondary N) is 1. The van der Waals surface area contributed by atoms with Gasteiger partial charge < -0.3 is 14.4 Å². The molecule has 134 valence electrons. The summed E-state index contributed by atoms with van der Waals surface area (Å²) in [7, 11) is 2.40. The molecule has 2 rings (SSSR count). The second-order valence-corrected chi connectivity index (χ2v) is 7.08. The average molecular weight is 364 g/mol. The number of carbonyl (C=O) groups excluding carboxylic acids is 1. The van der Waals surface area contributed by atoms with Gasteiger partial charge in [0, 0.05) is 31.4 Å². The number of hydrogen-bond donors (Lipinski definition) is 1. The molecule has 7 nitrogen and oxygen atoms in total. The third-order valence-corrected chi connectivity index (χ3v) is 4.83. The zero-order valence-corrected chi connectivity index (χ0v) is 15.3. The normalized spacial score (nSPS) is 10.9. The van der Waals surface area contributed by atoms with Crippen molar-refractivity contribution in [3.63, 3.8) is 0 Å². The lowest BCUT2D eigenvalue weighted by molar-refractivity contribution is 0.0827. The molecule has 0 bridgehead atoms. The molecule has 0 saturated heterocycles. The largest absolute Gasteiger partial charge is 0.493 e. The molecule has 0 atom stereocenters. The Morgan fingerprint density at radius 1 is 0.960 bits per heavy atom. The van der Waals surface area contributed by atoms with E-state index in [2.05, 4.69) is 4.72 Å². The van der Waals surface area contributed by atoms with E-state index < -0.39 is 10.0 Å². The Morgan fingerprint density at radius 3 is 2.08 bits per heavy atom. The van der Waals surface area contributed by atoms with Crippen LogP contribution in [0, 0.1) is 0 Å². The van der Waals surface area contributed by atoms with Crippen molar-refractivity contribution in [3.05, 3.63) is 48.0 Å². The van der Waals surface area contributed by atoms with Crippen LogP contribution in [0.25, 0.3) is 0 Å². The fourth-order valence-corrected chi connectivity index (χ4v) is 3.21. The van der Waals surface area contributed by atoms with Crippen molar-refractivity contribution in [1.82, 2.24) is 4.90 Å². The van der Waals surface area contributed by atoms with Gasteiger partial charge in [-0.05, 0) is 36.4 Å². The van der Waals surface area contributed by atoms with Gasteiger partial charge in [0.25, 0.3) is 15.9 Å². The van der Waals surface area contributed by atoms with Gasteiger partial charge in [-0.2, -0.15) is 0 Å². The minimum Gasteiger partial charge on any atom is -0.493 e. The van der Waals surface area contributed by atoms with Crippen LogP contribution in [0.4, 0.5) is 5.69 Å². The molecule has 2 aromatic rings. The Kier molecular flexibility index (Phi) is 5.53. The summed E-state index contributed by atoms with van der Waals surface area (Å²) in [4.78, 5) is 13.3. The fraction of sp³-hybridized carbons (Fsp3) is 0.235. The van der Waals surface area contributed by atoms with Gasteiger partial charge in [0.1, 0.15) is 0 Å². The summed E-state index contributed by atoms with van der Waals surface area (Å²) in [6.07, 6.45) is 0. The topological polar surface area (TPSA) is 84.9 Å². The summed E-state index contributed by atoms with van der Waals surface area (Å²) >= 11 is 0. The van der Waals surface area contributed by atoms with Crippen LogP contribution in [0.2, 0.25) is 0 Å². The number of sulfonamides is 1. The Labute approximate surface area is 147 Å². The Morgan fingerprint density at radius 2 is 1.56 bits per heavy atom. The lowest BCUT2D eigenvalue weighted by Gasteiger charge is -2.13. The van der Waals surface area contributed by atoms with Crippen molar-refractivity contribution >= 4 is 21.6 Å². The molecular formula is C17H20N2O5S. The van der Waals surface area contributed by atoms with Gasteiger partial charge in [0.05, 0.1) is 19.1 Å². The number of benzene rings is 2. The van der Waals surface area contributed by atoms with Crippen molar-refractivity contribution in [3.8, 4) is 11.5 Å². The first kappa shape index (κ1) is 18.6. The van der Waals surface area contributed by atoms with E-state index in [-0.39, 0.29) is 10.8 Å². The summed E-state index contributed by atoms with van der Waals surface area (Å²) in [6, 6.07) is 10.5. The summed E-state index contributed by atoms with van der Waals surface area (Å²) < 4.78 is 37.7. The van der Waals surface area contributed by atoms with Crippen molar-refractivity contribution in [2.45, 2.75) is 4.90 Å². The van der Waals surface area contributed by atoms with E-state index in [1.165, 1.54) is 49.5 Å². The SMILES string of the molecule is COc1ccc(S(=O)(=O)Nc2ccc(C(=O)N(C)C)cc2)cc1OC. The molecule has 0 unspecified atom stereocenters. The number of anilines is 1. The predicted octanol–water partition coefficient (Wildman–Crippen LogP) is 2.21. The molecule has 0 aliphatic rings. The molecule has 0 saturated carbocycles. The van der Waals surface area contributed by atoms with Crippen LogP contribution in [-0.2, 0) is 10.0 Å². The molecule has 0 heterocycles. The van der Waals surface area contributed by atoms with E-state index in [9.17, 15) is 13.2 Å². The van der Waals surface area contributed by atoms with E-state index in [1.54, 1.807) is 26.2 Å². The van der Waals surface area contributed by atoms with Gasteiger partial charge in [-0.3, -0.25) is 9.52 Å². The molecule has 0 aliphatic heterocycles. The van der Waals surface area contributed by atoms with Crippen LogP contribution >= 0.6 is 0 Å². The van der Waals surface area contributed by atoms with Gasteiger partial charge in [0.2, 0.25) is 0 Å². The maximum atomic E-state index is 12.5. The van der Waals surface area contributed by atoms with Crippen molar-refractivity contribution in [1.29, 1.82) is 0 Å². The molecule has 8 heteroatoms. The lowest BCUT2D eigenvalue weighted by atomic mass is 10.2. The molecule has 25 heavy (non-hydrogen) atoms. The Bertz CT molecular complexity index is 861. The molecule has 1 N–H and O–H groups in total. The number of nitrogens with zero attached hydrogens (tertiary/aromatic N) is 1. The number of hydrogen-bond acceptors (Lipinski definition) is 5. The number of methoxy groups -OCH3 is 2. The molecule has 2 aromatic carbocycles. The maximum Gasteiger partial charge on any atom is 0.262 e. The quantitative estimate of drug-likeness (QED) is 0.849. The highest BCUT2D eigenvalue weighted by Crippen LogP contribution is 2.30. The number of amides is 1. The van der Waals surface area contributed by atoms with Crippen molar-refractivity contribution in [2.75, 3.05) is 33.0 Å². The Hall–Kier alpha value is -2.74. The van der Waals surface area contributed by atoms with E-state index >= 15 is 0 Å². The number of carbonyl (C=O) groups is 1. The van der Waals surface area contributed by atoms with Gasteiger partial charge >= 0.3 is 0 Å². The monoisotopic (exact) mass is 364 g/mol. The van der Waals surface area contributed by atoms with E-state index in [0.717, 1.165) is 0 Å². The van der Waals surface area contributed by atoms with E-state index in [1.807, 2.05) is 0 Å². The molecule has 0 aliphatic carbocycles. The highest BCUT2D eigenvalue weighted by molar-refractivity contribution is 7.92. The first-order chi connectivity index (χ1) is 11.8. The average Bonchev–Trinajstić information content (AvgIpc) is 2.60. The van der Waals surface area contributed by atoms with E-state index in [4.69, 9.17) is 9.47 Å². The molecule has 1 amide bonds. The zero-order chi connectivity index (χ0) is 18.6. The summed E-state index contributed by atoms with van der Waals surface area (Å²) in [6.45, 7) is 0. The highest BCUT2D eigenvalue weighted by Gasteiger charge is 2.17. The Balaban J connectivity index is 2.25. The van der Waals surface area contributed by atoms with Crippen molar-refractivity contribution in [2.24, 2.45) is 0 Å². The number of ether oxygens (including phenoxy) is 2. The van der Waals surface area contributed by atoms with Gasteiger partial charge in [0.15, 0.2) is 11.5 Å². The fourth-order valence-electron chi connectivity index (χ4n) is 2.14. The lowest BCUT2D eigenvalue weighted by Crippen LogP contribution is -2.21. The summed E-state index contributed by atoms with van der Waals surface area (Å²) in [5.74, 6) is 0.597. The first-order valence-corrected chi connectivity index (χ1v) is 8.83. The summed E-state index contributed by atoms with van der Waals surface area (Å²) in [5.41, 5.74) is 0.823. The van der Waals surface area contributed by atoms with Crippen LogP contribution in [0.5, 0.6) is 11.5 Å². The third kappa shape index (κ3) is 4.21. The third-order valence-electron chi connectivity index (χ3n) is 3.46. The minimum atomic E-state index is -3.80. The second-order valence-electron chi connectivity index (χ2n) is 5.40. The highest BCUT2D eigenvalue weighted by atomic mass is 32.2. The van der Waals surface area contributed by atoms with Crippen LogP contribution in [-0.4, -0.2) is 47.5 Å². The second kappa shape index (κ2) is 7.43. The molecule has 0 fully saturated rings. The first-order valence-electron chi connectivity index (χ1n) is 7.35. The van der Waals surface area contributed by atoms with Crippen LogP contribution in [0.1, 0.15) is 10.4 Å². The van der Waals surface area contributed by atoms with Crippen molar-refractivity contribution < 1.29 is 22.7 Å². The van der Waals surface area contributed by atoms with Crippen LogP contribution in [0.3, 0.4) is 0 Å². The van der Waals surface area contributed by atoms with Gasteiger partial charge in [-0.25, -0.2) is 8.42 Å². The molecule has 0 aromatic heterocycles. The van der Waals surface area contributed by atoms with E-state index in [0.29, 0.717) is 22.7 Å². The zero-order valence-electron chi connectivity index (χ0n) is 14.4. The van der Waals surface area contributed by atoms with Gasteiger partial charge in [-0.15, -0.1) is 0 Å². The van der Waals surface area contributed by atoms with Crippen LogP contribution < -0.4 is 14.2 Å². The number of rotatable bonds is 6. The smallest absolute Gasteiger partial charge is 0.262 e. The molecule has 0 spiro atoms. The van der Waals surface area contributed by atoms with Crippen LogP contribution in [0.15, 0.2) is 47.4 Å². The standard InChI is InChI=1S/C17H20N2O5S/c1-19(2)17(20)12-5-7-13(8-6-12)18-25(21,22)14-9-10-15(23-3)16(11-14)24-4/h5-11,18H,1-4H3. The maximum absolute atomic E-state index is 12.5. The molecule has 0 radical (unpaired) electrons. The molecular weight excluding hydrogens is 344 g/mol. The summed E-state index contributed by atoms with van der Waals surface area (Å²) in [5, 5.41) is 0. The predicted molar refractivity (Wildman–Crippen MR) is 94.8 cm³/mol. The minimum absolute atomic E-state index is 0.0404. The van der Waals surface area contributed by atoms with Gasteiger partial charge in [-0.1, -0.05) is 0 Å².